The standard InChI is InChI=1S/C6H9ClN2O/c1-8-3-5(4-9-2)6(7)10/h3-4,8H,1-2H3/b5-3+,9-4?. The number of aliphatic imine (C=N–C) groups is 1. The number of halogens is 1. The first kappa shape index (κ1) is 9.17. The summed E-state index contributed by atoms with van der Waals surface area (Å²) in [5.41, 5.74) is 0.353. The number of nitrogens with one attached hydrogen (secondary N) is 1. The quantitative estimate of drug-likeness (QED) is 0.372. The van der Waals surface area contributed by atoms with Gasteiger partial charge in [0.1, 0.15) is 0 Å². The molecule has 10 heavy (non-hydrogen) atoms. The van der Waals surface area contributed by atoms with E-state index < -0.39 is 5.24 Å². The predicted molar refractivity (Wildman–Crippen MR) is 42.4 cm³/mol. The first-order valence-corrected chi connectivity index (χ1v) is 3.09. The Bertz CT molecular complexity index is 175. The summed E-state index contributed by atoms with van der Waals surface area (Å²) in [5, 5.41) is 2.16. The van der Waals surface area contributed by atoms with Crippen LogP contribution in [0.2, 0.25) is 0 Å². The van der Waals surface area contributed by atoms with Crippen LogP contribution in [-0.2, 0) is 4.79 Å². The van der Waals surface area contributed by atoms with E-state index >= 15 is 0 Å². The van der Waals surface area contributed by atoms with Crippen molar-refractivity contribution in [3.63, 3.8) is 0 Å². The van der Waals surface area contributed by atoms with Crippen molar-refractivity contribution in [2.45, 2.75) is 0 Å². The van der Waals surface area contributed by atoms with Crippen molar-refractivity contribution >= 4 is 23.1 Å². The molecular weight excluding hydrogens is 152 g/mol. The van der Waals surface area contributed by atoms with E-state index in [1.807, 2.05) is 0 Å². The van der Waals surface area contributed by atoms with E-state index in [0.717, 1.165) is 0 Å². The SMILES string of the molecule is CN=C/C(=C\NC)C(=O)Cl. The van der Waals surface area contributed by atoms with Crippen molar-refractivity contribution in [1.29, 1.82) is 0 Å². The molecule has 0 amide bonds. The molecule has 0 aliphatic carbocycles. The van der Waals surface area contributed by atoms with E-state index in [1.165, 1.54) is 12.4 Å². The molecule has 3 nitrogen and oxygen atoms in total. The summed E-state index contributed by atoms with van der Waals surface area (Å²) >= 11 is 5.16. The van der Waals surface area contributed by atoms with Crippen molar-refractivity contribution in [3.8, 4) is 0 Å². The van der Waals surface area contributed by atoms with Crippen molar-refractivity contribution in [2.24, 2.45) is 4.99 Å². The highest BCUT2D eigenvalue weighted by Crippen LogP contribution is 1.94. The maximum absolute atomic E-state index is 10.5. The summed E-state index contributed by atoms with van der Waals surface area (Å²) in [4.78, 5) is 14.1. The second-order valence-electron chi connectivity index (χ2n) is 1.55. The van der Waals surface area contributed by atoms with Gasteiger partial charge >= 0.3 is 0 Å². The fourth-order valence-corrected chi connectivity index (χ4v) is 0.543. The fraction of sp³-hybridized carbons (Fsp3) is 0.333. The average Bonchev–Trinajstić information content (AvgIpc) is 1.87. The van der Waals surface area contributed by atoms with Crippen LogP contribution >= 0.6 is 11.6 Å². The number of carbonyl (C=O) groups excluding carboxylic acids is 1. The zero-order chi connectivity index (χ0) is 7.98. The smallest absolute Gasteiger partial charge is 0.255 e. The third-order valence-corrected chi connectivity index (χ3v) is 1.01. The van der Waals surface area contributed by atoms with Gasteiger partial charge in [0.2, 0.25) is 0 Å². The molecule has 0 rings (SSSR count). The topological polar surface area (TPSA) is 41.5 Å². The number of nitrogens with zero attached hydrogens (tertiary/aromatic N) is 1. The summed E-state index contributed by atoms with van der Waals surface area (Å²) in [7, 11) is 3.26. The molecule has 0 aliphatic rings. The van der Waals surface area contributed by atoms with Gasteiger partial charge in [-0.25, -0.2) is 0 Å². The molecular formula is C6H9ClN2O. The molecule has 0 fully saturated rings. The Balaban J connectivity index is 4.26. The second-order valence-corrected chi connectivity index (χ2v) is 1.89. The number of allylic oxidation sites excluding steroid dienone is 1. The molecule has 0 aliphatic heterocycles. The Morgan fingerprint density at radius 3 is 2.60 bits per heavy atom. The normalized spacial score (nSPS) is 12.1. The summed E-state index contributed by atoms with van der Waals surface area (Å²) in [5.74, 6) is 0. The number of hydrogen-bond acceptors (Lipinski definition) is 3. The highest BCUT2D eigenvalue weighted by Gasteiger charge is 1.99. The lowest BCUT2D eigenvalue weighted by atomic mass is 10.3. The Hall–Kier alpha value is -0.830. The zero-order valence-electron chi connectivity index (χ0n) is 5.89. The molecule has 0 atom stereocenters. The fourth-order valence-electron chi connectivity index (χ4n) is 0.439. The average molecular weight is 161 g/mol. The molecule has 0 saturated heterocycles. The van der Waals surface area contributed by atoms with E-state index in [1.54, 1.807) is 14.1 Å². The molecule has 0 spiro atoms. The van der Waals surface area contributed by atoms with Gasteiger partial charge in [-0.05, 0) is 11.6 Å². The molecule has 0 aromatic rings. The molecule has 1 N–H and O–H groups in total. The van der Waals surface area contributed by atoms with E-state index in [-0.39, 0.29) is 0 Å². The van der Waals surface area contributed by atoms with Gasteiger partial charge in [-0.2, -0.15) is 0 Å². The van der Waals surface area contributed by atoms with Crippen molar-refractivity contribution in [3.05, 3.63) is 11.8 Å². The van der Waals surface area contributed by atoms with Crippen LogP contribution in [-0.4, -0.2) is 25.6 Å². The molecule has 0 heterocycles. The Morgan fingerprint density at radius 2 is 2.30 bits per heavy atom. The third kappa shape index (κ3) is 3.25. The molecule has 0 saturated carbocycles. The van der Waals surface area contributed by atoms with Crippen molar-refractivity contribution in [2.75, 3.05) is 14.1 Å². The molecule has 0 bridgehead atoms. The lowest BCUT2D eigenvalue weighted by Gasteiger charge is -1.91. The lowest BCUT2D eigenvalue weighted by molar-refractivity contribution is -0.108. The van der Waals surface area contributed by atoms with Gasteiger partial charge in [0.25, 0.3) is 5.24 Å². The van der Waals surface area contributed by atoms with Gasteiger partial charge in [0.05, 0.1) is 5.57 Å². The van der Waals surface area contributed by atoms with Gasteiger partial charge in [-0.3, -0.25) is 9.79 Å². The van der Waals surface area contributed by atoms with Crippen LogP contribution in [0.4, 0.5) is 0 Å². The zero-order valence-corrected chi connectivity index (χ0v) is 6.64. The van der Waals surface area contributed by atoms with Gasteiger partial charge in [-0.1, -0.05) is 0 Å². The van der Waals surface area contributed by atoms with Crippen LogP contribution in [0.15, 0.2) is 16.8 Å². The van der Waals surface area contributed by atoms with Crippen LogP contribution in [0.25, 0.3) is 0 Å². The summed E-state index contributed by atoms with van der Waals surface area (Å²) in [6.07, 6.45) is 2.88. The summed E-state index contributed by atoms with van der Waals surface area (Å²) in [6, 6.07) is 0. The molecule has 4 heteroatoms. The first-order chi connectivity index (χ1) is 4.72. The highest BCUT2D eigenvalue weighted by molar-refractivity contribution is 6.69. The minimum Gasteiger partial charge on any atom is -0.393 e. The van der Waals surface area contributed by atoms with Crippen molar-refractivity contribution < 1.29 is 4.79 Å². The molecule has 0 unspecified atom stereocenters. The monoisotopic (exact) mass is 160 g/mol. The largest absolute Gasteiger partial charge is 0.393 e. The van der Waals surface area contributed by atoms with Crippen LogP contribution in [0.1, 0.15) is 0 Å². The minimum absolute atomic E-state index is 0.353. The van der Waals surface area contributed by atoms with Gasteiger partial charge in [-0.15, -0.1) is 0 Å². The number of rotatable bonds is 3. The lowest BCUT2D eigenvalue weighted by Crippen LogP contribution is -2.02. The van der Waals surface area contributed by atoms with Gasteiger partial charge in [0, 0.05) is 26.5 Å². The maximum Gasteiger partial charge on any atom is 0.255 e. The Morgan fingerprint density at radius 1 is 1.70 bits per heavy atom. The molecule has 56 valence electrons. The molecule has 0 radical (unpaired) electrons. The second kappa shape index (κ2) is 4.99. The van der Waals surface area contributed by atoms with Crippen LogP contribution < -0.4 is 5.32 Å². The molecule has 0 aromatic heterocycles. The van der Waals surface area contributed by atoms with Crippen LogP contribution in [0.3, 0.4) is 0 Å². The van der Waals surface area contributed by atoms with Gasteiger partial charge in [0.15, 0.2) is 0 Å². The highest BCUT2D eigenvalue weighted by atomic mass is 35.5. The minimum atomic E-state index is -0.514. The van der Waals surface area contributed by atoms with E-state index in [9.17, 15) is 4.79 Å². The van der Waals surface area contributed by atoms with E-state index in [2.05, 4.69) is 10.3 Å². The van der Waals surface area contributed by atoms with E-state index in [0.29, 0.717) is 5.57 Å². The van der Waals surface area contributed by atoms with Crippen molar-refractivity contribution in [1.82, 2.24) is 5.32 Å². The first-order valence-electron chi connectivity index (χ1n) is 2.71. The number of hydrogen-bond donors (Lipinski definition) is 1. The van der Waals surface area contributed by atoms with Gasteiger partial charge < -0.3 is 5.32 Å². The Labute approximate surface area is 64.8 Å². The molecule has 0 aromatic carbocycles. The third-order valence-electron chi connectivity index (χ3n) is 0.795. The van der Waals surface area contributed by atoms with Crippen LogP contribution in [0, 0.1) is 0 Å². The maximum atomic E-state index is 10.5. The Kier molecular flexibility index (Phi) is 4.58. The number of carbonyl (C=O) groups is 1. The summed E-state index contributed by atoms with van der Waals surface area (Å²) in [6.45, 7) is 0. The predicted octanol–water partition coefficient (Wildman–Crippen LogP) is 0.556. The van der Waals surface area contributed by atoms with E-state index in [4.69, 9.17) is 11.6 Å². The van der Waals surface area contributed by atoms with Crippen LogP contribution in [0.5, 0.6) is 0 Å². The summed E-state index contributed by atoms with van der Waals surface area (Å²) < 4.78 is 0.